The smallest absolute Gasteiger partial charge is 0.263 e. The molecule has 0 unspecified atom stereocenters. The van der Waals surface area contributed by atoms with Gasteiger partial charge in [0.05, 0.1) is 34.7 Å². The lowest BCUT2D eigenvalue weighted by Crippen LogP contribution is -2.27. The van der Waals surface area contributed by atoms with Crippen LogP contribution in [-0.4, -0.2) is 26.0 Å². The lowest BCUT2D eigenvalue weighted by atomic mass is 10.1. The predicted octanol–water partition coefficient (Wildman–Crippen LogP) is -2.15. The quantitative estimate of drug-likeness (QED) is 0.568. The van der Waals surface area contributed by atoms with E-state index in [0.29, 0.717) is 4.57 Å². The standard InChI is InChI=1S/C13H10N2O6/c16-2-1-14-10(18)6-3-8-9(4-7(6)11(14)19)13(21)15(5-17)12(8)20/h3-4,16-17H,1-2,5H2. The fourth-order valence-electron chi connectivity index (χ4n) is 2.51. The Morgan fingerprint density at radius 3 is 1.43 bits per heavy atom. The van der Waals surface area contributed by atoms with E-state index in [1.54, 1.807) is 0 Å². The van der Waals surface area contributed by atoms with Crippen LogP contribution in [0.25, 0.3) is 21.5 Å². The number of aliphatic hydroxyl groups excluding tert-OH is 2. The van der Waals surface area contributed by atoms with Crippen molar-refractivity contribution in [3.05, 3.63) is 53.5 Å². The van der Waals surface area contributed by atoms with Gasteiger partial charge in [0.25, 0.3) is 22.2 Å². The van der Waals surface area contributed by atoms with E-state index in [1.165, 1.54) is 12.1 Å². The third kappa shape index (κ3) is 1.63. The van der Waals surface area contributed by atoms with Crippen LogP contribution in [0.2, 0.25) is 0 Å². The number of aliphatic hydroxyl groups is 2. The van der Waals surface area contributed by atoms with Gasteiger partial charge in [0.15, 0.2) is 0 Å². The first-order chi connectivity index (χ1) is 10.0. The summed E-state index contributed by atoms with van der Waals surface area (Å²) in [5.41, 5.74) is -2.65. The Bertz CT molecular complexity index is 986. The predicted molar refractivity (Wildman–Crippen MR) is 74.2 cm³/mol. The molecule has 2 heterocycles. The first-order valence-electron chi connectivity index (χ1n) is 6.13. The van der Waals surface area contributed by atoms with Crippen molar-refractivity contribution < 1.29 is 10.2 Å². The van der Waals surface area contributed by atoms with E-state index in [9.17, 15) is 19.2 Å². The maximum atomic E-state index is 12.1. The van der Waals surface area contributed by atoms with Gasteiger partial charge < -0.3 is 10.2 Å². The van der Waals surface area contributed by atoms with E-state index in [2.05, 4.69) is 0 Å². The van der Waals surface area contributed by atoms with Gasteiger partial charge in [-0.3, -0.25) is 28.3 Å². The maximum Gasteiger partial charge on any atom is 0.263 e. The van der Waals surface area contributed by atoms with Gasteiger partial charge in [-0.05, 0) is 12.1 Å². The first-order valence-corrected chi connectivity index (χ1v) is 6.13. The van der Waals surface area contributed by atoms with E-state index in [1.807, 2.05) is 0 Å². The molecule has 0 aliphatic heterocycles. The van der Waals surface area contributed by atoms with Crippen molar-refractivity contribution in [1.29, 1.82) is 0 Å². The Hall–Kier alpha value is -2.58. The van der Waals surface area contributed by atoms with E-state index in [0.717, 1.165) is 4.57 Å². The van der Waals surface area contributed by atoms with Crippen molar-refractivity contribution in [2.75, 3.05) is 6.61 Å². The highest BCUT2D eigenvalue weighted by molar-refractivity contribution is 5.97. The third-order valence-corrected chi connectivity index (χ3v) is 3.52. The van der Waals surface area contributed by atoms with Crippen LogP contribution in [0.4, 0.5) is 0 Å². The molecule has 2 aromatic heterocycles. The van der Waals surface area contributed by atoms with Gasteiger partial charge in [0.2, 0.25) is 0 Å². The first kappa shape index (κ1) is 13.4. The Kier molecular flexibility index (Phi) is 2.85. The number of hydrogen-bond donors (Lipinski definition) is 2. The van der Waals surface area contributed by atoms with Crippen LogP contribution in [0.15, 0.2) is 31.3 Å². The van der Waals surface area contributed by atoms with E-state index >= 15 is 0 Å². The number of hydrogen-bond acceptors (Lipinski definition) is 6. The van der Waals surface area contributed by atoms with E-state index in [-0.39, 0.29) is 34.7 Å². The molecule has 0 spiro atoms. The number of benzene rings is 1. The average Bonchev–Trinajstić information content (AvgIpc) is 2.85. The number of nitrogens with zero attached hydrogens (tertiary/aromatic N) is 2. The van der Waals surface area contributed by atoms with Gasteiger partial charge in [-0.1, -0.05) is 0 Å². The van der Waals surface area contributed by atoms with Gasteiger partial charge in [-0.15, -0.1) is 0 Å². The SMILES string of the molecule is O=c1c2cc3c(=O)n(CCO)c(=O)c3cc2c(=O)n1CO. The second-order valence-corrected chi connectivity index (χ2v) is 4.61. The summed E-state index contributed by atoms with van der Waals surface area (Å²) in [7, 11) is 0. The fraction of sp³-hybridized carbons (Fsp3) is 0.231. The molecule has 1 aromatic carbocycles. The zero-order valence-corrected chi connectivity index (χ0v) is 10.7. The van der Waals surface area contributed by atoms with E-state index < -0.39 is 29.0 Å². The minimum Gasteiger partial charge on any atom is -0.395 e. The van der Waals surface area contributed by atoms with Crippen molar-refractivity contribution in [1.82, 2.24) is 9.13 Å². The Balaban J connectivity index is 2.54. The summed E-state index contributed by atoms with van der Waals surface area (Å²) in [6.07, 6.45) is 0. The summed E-state index contributed by atoms with van der Waals surface area (Å²) in [5.74, 6) is 0. The maximum absolute atomic E-state index is 12.1. The zero-order chi connectivity index (χ0) is 15.3. The van der Waals surface area contributed by atoms with E-state index in [4.69, 9.17) is 10.2 Å². The molecule has 0 bridgehead atoms. The lowest BCUT2D eigenvalue weighted by molar-refractivity contribution is 0.204. The second-order valence-electron chi connectivity index (χ2n) is 4.61. The largest absolute Gasteiger partial charge is 0.395 e. The van der Waals surface area contributed by atoms with Crippen LogP contribution < -0.4 is 22.2 Å². The molecule has 3 aromatic rings. The Morgan fingerprint density at radius 2 is 1.10 bits per heavy atom. The molecule has 0 amide bonds. The van der Waals surface area contributed by atoms with Crippen LogP contribution >= 0.6 is 0 Å². The van der Waals surface area contributed by atoms with Crippen LogP contribution in [0.3, 0.4) is 0 Å². The number of fused-ring (bicyclic) bond motifs is 2. The fourth-order valence-corrected chi connectivity index (χ4v) is 2.51. The van der Waals surface area contributed by atoms with Crippen molar-refractivity contribution in [2.45, 2.75) is 13.3 Å². The number of rotatable bonds is 3. The van der Waals surface area contributed by atoms with Crippen molar-refractivity contribution >= 4 is 21.5 Å². The summed E-state index contributed by atoms with van der Waals surface area (Å²) in [6.45, 7) is -1.29. The molecule has 8 nitrogen and oxygen atoms in total. The van der Waals surface area contributed by atoms with Gasteiger partial charge in [0, 0.05) is 0 Å². The van der Waals surface area contributed by atoms with Gasteiger partial charge in [-0.25, -0.2) is 0 Å². The van der Waals surface area contributed by atoms with Gasteiger partial charge in [-0.2, -0.15) is 0 Å². The molecule has 3 rings (SSSR count). The average molecular weight is 290 g/mol. The molecule has 0 atom stereocenters. The molecule has 0 radical (unpaired) electrons. The molecule has 108 valence electrons. The monoisotopic (exact) mass is 290 g/mol. The van der Waals surface area contributed by atoms with Crippen LogP contribution in [0, 0.1) is 0 Å². The van der Waals surface area contributed by atoms with Gasteiger partial charge >= 0.3 is 0 Å². The normalized spacial score (nSPS) is 11.7. The highest BCUT2D eigenvalue weighted by Crippen LogP contribution is 2.14. The second kappa shape index (κ2) is 4.47. The summed E-state index contributed by atoms with van der Waals surface area (Å²) in [6, 6.07) is 2.39. The van der Waals surface area contributed by atoms with Gasteiger partial charge in [0.1, 0.15) is 6.73 Å². The molecular weight excluding hydrogens is 280 g/mol. The molecule has 0 aliphatic rings. The Morgan fingerprint density at radius 1 is 0.714 bits per heavy atom. The topological polar surface area (TPSA) is 119 Å². The van der Waals surface area contributed by atoms with Crippen molar-refractivity contribution in [2.24, 2.45) is 0 Å². The highest BCUT2D eigenvalue weighted by atomic mass is 16.3. The molecule has 0 saturated carbocycles. The minimum atomic E-state index is -0.768. The number of aromatic nitrogens is 2. The third-order valence-electron chi connectivity index (χ3n) is 3.52. The van der Waals surface area contributed by atoms with Crippen LogP contribution in [0.5, 0.6) is 0 Å². The molecule has 2 N–H and O–H groups in total. The summed E-state index contributed by atoms with van der Waals surface area (Å²) < 4.78 is 1.48. The molecule has 8 heteroatoms. The van der Waals surface area contributed by atoms with Crippen molar-refractivity contribution in [3.8, 4) is 0 Å². The highest BCUT2D eigenvalue weighted by Gasteiger charge is 2.18. The summed E-state index contributed by atoms with van der Waals surface area (Å²) in [5, 5.41) is 17.9. The zero-order valence-electron chi connectivity index (χ0n) is 10.7. The summed E-state index contributed by atoms with van der Waals surface area (Å²) in [4.78, 5) is 48.0. The molecule has 0 aliphatic carbocycles. The minimum absolute atomic E-state index is 0.0141. The molecule has 0 saturated heterocycles. The van der Waals surface area contributed by atoms with Crippen molar-refractivity contribution in [3.63, 3.8) is 0 Å². The molecule has 21 heavy (non-hydrogen) atoms. The molecular formula is C13H10N2O6. The summed E-state index contributed by atoms with van der Waals surface area (Å²) >= 11 is 0. The molecule has 0 fully saturated rings. The van der Waals surface area contributed by atoms with Crippen LogP contribution in [-0.2, 0) is 13.3 Å². The Labute approximate surface area is 115 Å². The lowest BCUT2D eigenvalue weighted by Gasteiger charge is -1.92. The van der Waals surface area contributed by atoms with Crippen LogP contribution in [0.1, 0.15) is 0 Å².